The van der Waals surface area contributed by atoms with Crippen molar-refractivity contribution >= 4 is 27.7 Å². The molecule has 2 aliphatic rings. The molecule has 2 aromatic heterocycles. The maximum atomic E-state index is 14.6. The SMILES string of the molecule is Cc1cccc(C)c1-c1cc2nc(n1)NS(=O)(=O)c1cccc(c1)C(=O)N(Cc1cccnc1N1CCOCC1)[C@H](CC(C)(C)C)CO2. The summed E-state index contributed by atoms with van der Waals surface area (Å²) in [4.78, 5) is 32.3. The number of aryl methyl sites for hydroxylation is 2. The fraction of sp³-hybridized carbons (Fsp3) is 0.389. The maximum absolute atomic E-state index is 14.6. The molecule has 4 aromatic rings. The number of pyridine rings is 1. The molecule has 1 fully saturated rings. The number of carbonyl (C=O) groups is 1. The molecule has 0 unspecified atom stereocenters. The van der Waals surface area contributed by atoms with E-state index in [0.29, 0.717) is 38.4 Å². The Balaban J connectivity index is 1.49. The molecule has 2 aliphatic heterocycles. The highest BCUT2D eigenvalue weighted by Crippen LogP contribution is 2.32. The minimum Gasteiger partial charge on any atom is -0.475 e. The van der Waals surface area contributed by atoms with Gasteiger partial charge in [-0.25, -0.2) is 23.1 Å². The molecule has 11 nitrogen and oxygen atoms in total. The largest absolute Gasteiger partial charge is 0.475 e. The number of carbonyl (C=O) groups excluding carboxylic acids is 1. The van der Waals surface area contributed by atoms with Crippen LogP contribution in [-0.2, 0) is 21.3 Å². The Morgan fingerprint density at radius 3 is 2.42 bits per heavy atom. The summed E-state index contributed by atoms with van der Waals surface area (Å²) < 4.78 is 42.0. The highest BCUT2D eigenvalue weighted by molar-refractivity contribution is 7.92. The van der Waals surface area contributed by atoms with Gasteiger partial charge in [0.15, 0.2) is 0 Å². The Kier molecular flexibility index (Phi) is 9.39. The summed E-state index contributed by atoms with van der Waals surface area (Å²) in [6.07, 6.45) is 2.36. The van der Waals surface area contributed by atoms with Crippen LogP contribution < -0.4 is 14.4 Å². The molecule has 4 bridgehead atoms. The molecule has 48 heavy (non-hydrogen) atoms. The monoisotopic (exact) mass is 670 g/mol. The average molecular weight is 671 g/mol. The molecule has 6 rings (SSSR count). The van der Waals surface area contributed by atoms with E-state index in [0.717, 1.165) is 28.1 Å². The number of amides is 1. The van der Waals surface area contributed by atoms with Crippen LogP contribution >= 0.6 is 0 Å². The van der Waals surface area contributed by atoms with Gasteiger partial charge >= 0.3 is 0 Å². The number of nitrogens with one attached hydrogen (secondary N) is 1. The Morgan fingerprint density at radius 2 is 1.69 bits per heavy atom. The summed E-state index contributed by atoms with van der Waals surface area (Å²) >= 11 is 0. The number of benzene rings is 2. The minimum absolute atomic E-state index is 0.0705. The van der Waals surface area contributed by atoms with Crippen molar-refractivity contribution in [3.8, 4) is 17.1 Å². The number of hydrogen-bond acceptors (Lipinski definition) is 9. The number of anilines is 2. The zero-order chi connectivity index (χ0) is 34.1. The number of sulfonamides is 1. The van der Waals surface area contributed by atoms with Gasteiger partial charge in [-0.2, -0.15) is 4.98 Å². The third-order valence-corrected chi connectivity index (χ3v) is 9.87. The predicted molar refractivity (Wildman–Crippen MR) is 185 cm³/mol. The molecule has 1 N–H and O–H groups in total. The molecule has 1 saturated heterocycles. The second kappa shape index (κ2) is 13.5. The number of fused-ring (bicyclic) bond motifs is 4. The topological polar surface area (TPSA) is 127 Å². The van der Waals surface area contributed by atoms with Crippen LogP contribution in [0.2, 0.25) is 0 Å². The molecule has 0 saturated carbocycles. The first-order valence-corrected chi connectivity index (χ1v) is 17.7. The lowest BCUT2D eigenvalue weighted by atomic mass is 9.87. The van der Waals surface area contributed by atoms with Crippen LogP contribution in [0.3, 0.4) is 0 Å². The Bertz CT molecular complexity index is 1900. The van der Waals surface area contributed by atoms with E-state index < -0.39 is 16.1 Å². The fourth-order valence-electron chi connectivity index (χ4n) is 6.34. The Hall–Kier alpha value is -4.55. The Morgan fingerprint density at radius 1 is 0.958 bits per heavy atom. The summed E-state index contributed by atoms with van der Waals surface area (Å²) in [7, 11) is -4.17. The van der Waals surface area contributed by atoms with Crippen molar-refractivity contribution < 1.29 is 22.7 Å². The van der Waals surface area contributed by atoms with Gasteiger partial charge in [0.2, 0.25) is 11.8 Å². The summed E-state index contributed by atoms with van der Waals surface area (Å²) in [6, 6.07) is 17.2. The normalized spacial score (nSPS) is 18.2. The molecule has 0 radical (unpaired) electrons. The number of morpholine rings is 1. The van der Waals surface area contributed by atoms with Gasteiger partial charge in [0, 0.05) is 42.0 Å². The van der Waals surface area contributed by atoms with Crippen LogP contribution in [-0.4, -0.2) is 73.1 Å². The molecular formula is C36H42N6O5S. The van der Waals surface area contributed by atoms with Crippen molar-refractivity contribution in [3.05, 3.63) is 89.1 Å². The molecule has 12 heteroatoms. The van der Waals surface area contributed by atoms with Crippen molar-refractivity contribution in [1.82, 2.24) is 19.9 Å². The number of nitrogens with zero attached hydrogens (tertiary/aromatic N) is 5. The number of aromatic nitrogens is 3. The Labute approximate surface area is 282 Å². The van der Waals surface area contributed by atoms with Crippen LogP contribution in [0.15, 0.2) is 71.8 Å². The quantitative estimate of drug-likeness (QED) is 0.287. The smallest absolute Gasteiger partial charge is 0.264 e. The van der Waals surface area contributed by atoms with Crippen LogP contribution in [0.4, 0.5) is 11.8 Å². The molecule has 2 aromatic carbocycles. The zero-order valence-corrected chi connectivity index (χ0v) is 28.9. The summed E-state index contributed by atoms with van der Waals surface area (Å²) in [5.41, 5.74) is 4.30. The van der Waals surface area contributed by atoms with E-state index in [1.54, 1.807) is 29.3 Å². The first kappa shape index (κ1) is 33.4. The molecule has 1 atom stereocenters. The van der Waals surface area contributed by atoms with Crippen LogP contribution in [0.1, 0.15) is 54.2 Å². The van der Waals surface area contributed by atoms with E-state index in [-0.39, 0.29) is 46.8 Å². The van der Waals surface area contributed by atoms with E-state index >= 15 is 0 Å². The molecule has 252 valence electrons. The summed E-state index contributed by atoms with van der Waals surface area (Å²) in [6.45, 7) is 13.3. The minimum atomic E-state index is -4.17. The van der Waals surface area contributed by atoms with Gasteiger partial charge in [-0.05, 0) is 61.1 Å². The van der Waals surface area contributed by atoms with Crippen molar-refractivity contribution in [3.63, 3.8) is 0 Å². The van der Waals surface area contributed by atoms with Gasteiger partial charge in [-0.3, -0.25) is 4.79 Å². The first-order chi connectivity index (χ1) is 22.9. The van der Waals surface area contributed by atoms with Gasteiger partial charge in [-0.1, -0.05) is 51.1 Å². The van der Waals surface area contributed by atoms with Crippen LogP contribution in [0, 0.1) is 19.3 Å². The molecule has 0 aliphatic carbocycles. The standard InChI is InChI=1S/C36H42N6O5S/c1-24-9-6-10-25(2)32(24)30-20-31-39-35(38-30)40-48(44,45)29-13-7-11-26(19-29)34(43)42(28(23-47-31)21-36(3,4)5)22-27-12-8-14-37-33(27)41-15-17-46-18-16-41/h6-14,19-20,28H,15-18,21-23H2,1-5H3,(H,38,39,40)/t28-/m1/s1. The highest BCUT2D eigenvalue weighted by atomic mass is 32.2. The van der Waals surface area contributed by atoms with E-state index in [1.807, 2.05) is 44.2 Å². The lowest BCUT2D eigenvalue weighted by Crippen LogP contribution is -2.46. The lowest BCUT2D eigenvalue weighted by molar-refractivity contribution is 0.0512. The first-order valence-electron chi connectivity index (χ1n) is 16.2. The van der Waals surface area contributed by atoms with Gasteiger partial charge in [0.1, 0.15) is 12.4 Å². The predicted octanol–water partition coefficient (Wildman–Crippen LogP) is 5.63. The van der Waals surface area contributed by atoms with E-state index in [2.05, 4.69) is 40.4 Å². The molecule has 1 amide bonds. The second-order valence-corrected chi connectivity index (χ2v) is 15.2. The average Bonchev–Trinajstić information content (AvgIpc) is 3.05. The van der Waals surface area contributed by atoms with Gasteiger partial charge in [-0.15, -0.1) is 0 Å². The van der Waals surface area contributed by atoms with Gasteiger partial charge < -0.3 is 19.3 Å². The van der Waals surface area contributed by atoms with E-state index in [1.165, 1.54) is 12.1 Å². The third-order valence-electron chi connectivity index (χ3n) is 8.55. The highest BCUT2D eigenvalue weighted by Gasteiger charge is 2.32. The van der Waals surface area contributed by atoms with Crippen LogP contribution in [0.5, 0.6) is 5.88 Å². The number of hydrogen-bond donors (Lipinski definition) is 1. The van der Waals surface area contributed by atoms with Crippen molar-refractivity contribution in [1.29, 1.82) is 0 Å². The summed E-state index contributed by atoms with van der Waals surface area (Å²) in [5.74, 6) is 0.574. The zero-order valence-electron chi connectivity index (χ0n) is 28.1. The van der Waals surface area contributed by atoms with E-state index in [4.69, 9.17) is 14.5 Å². The fourth-order valence-corrected chi connectivity index (χ4v) is 7.33. The molecule has 0 spiro atoms. The summed E-state index contributed by atoms with van der Waals surface area (Å²) in [5, 5.41) is 0. The number of rotatable bonds is 5. The lowest BCUT2D eigenvalue weighted by Gasteiger charge is -2.37. The van der Waals surface area contributed by atoms with Crippen LogP contribution in [0.25, 0.3) is 11.3 Å². The number of ether oxygens (including phenoxy) is 2. The maximum Gasteiger partial charge on any atom is 0.264 e. The van der Waals surface area contributed by atoms with Gasteiger partial charge in [0.05, 0.1) is 36.4 Å². The van der Waals surface area contributed by atoms with Crippen molar-refractivity contribution in [2.75, 3.05) is 42.5 Å². The second-order valence-electron chi connectivity index (χ2n) is 13.6. The van der Waals surface area contributed by atoms with Crippen molar-refractivity contribution in [2.45, 2.75) is 58.5 Å². The third kappa shape index (κ3) is 7.44. The van der Waals surface area contributed by atoms with Crippen molar-refractivity contribution in [2.24, 2.45) is 5.41 Å². The van der Waals surface area contributed by atoms with Gasteiger partial charge in [0.25, 0.3) is 15.9 Å². The van der Waals surface area contributed by atoms with E-state index in [9.17, 15) is 13.2 Å². The molecule has 4 heterocycles. The molecular weight excluding hydrogens is 629 g/mol.